The van der Waals surface area contributed by atoms with E-state index in [-0.39, 0.29) is 11.4 Å². The summed E-state index contributed by atoms with van der Waals surface area (Å²) in [5.74, 6) is -0.0979. The number of rotatable bonds is 6. The first kappa shape index (κ1) is 15.1. The van der Waals surface area contributed by atoms with Gasteiger partial charge in [-0.2, -0.15) is 0 Å². The summed E-state index contributed by atoms with van der Waals surface area (Å²) in [7, 11) is 1.73. The Bertz CT molecular complexity index is 378. The molecule has 0 fully saturated rings. The van der Waals surface area contributed by atoms with Crippen LogP contribution < -0.4 is 5.32 Å². The minimum Gasteiger partial charge on any atom is -0.379 e. The summed E-state index contributed by atoms with van der Waals surface area (Å²) in [5.41, 5.74) is 2.46. The van der Waals surface area contributed by atoms with Gasteiger partial charge in [0, 0.05) is 13.7 Å². The van der Waals surface area contributed by atoms with Gasteiger partial charge in [-0.15, -0.1) is 0 Å². The Morgan fingerprint density at radius 3 is 2.28 bits per heavy atom. The molecule has 1 rings (SSSR count). The van der Waals surface area contributed by atoms with Gasteiger partial charge < -0.3 is 10.1 Å². The molecule has 1 N–H and O–H groups in total. The second-order valence-electron chi connectivity index (χ2n) is 5.43. The third-order valence-electron chi connectivity index (χ3n) is 3.28. The van der Waals surface area contributed by atoms with Gasteiger partial charge in [-0.3, -0.25) is 0 Å². The fourth-order valence-electron chi connectivity index (χ4n) is 1.86. The van der Waals surface area contributed by atoms with Gasteiger partial charge in [0.15, 0.2) is 0 Å². The van der Waals surface area contributed by atoms with Crippen molar-refractivity contribution >= 4 is 0 Å². The minimum absolute atomic E-state index is 0.0956. The van der Waals surface area contributed by atoms with Crippen LogP contribution in [0.1, 0.15) is 37.0 Å². The van der Waals surface area contributed by atoms with Crippen LogP contribution in [0.5, 0.6) is 0 Å². The summed E-state index contributed by atoms with van der Waals surface area (Å²) in [4.78, 5) is 0. The molecule has 18 heavy (non-hydrogen) atoms. The van der Waals surface area contributed by atoms with Crippen LogP contribution in [0.4, 0.5) is 4.39 Å². The number of methoxy groups -OCH3 is 1. The van der Waals surface area contributed by atoms with Crippen molar-refractivity contribution in [3.05, 3.63) is 34.6 Å². The summed E-state index contributed by atoms with van der Waals surface area (Å²) in [6.45, 7) is 9.40. The van der Waals surface area contributed by atoms with Gasteiger partial charge in [0.05, 0.1) is 5.60 Å². The Morgan fingerprint density at radius 1 is 1.22 bits per heavy atom. The standard InChI is InChI=1S/C15H24FNO/c1-11-8-13(9-12(2)14(11)16)10-17-7-6-15(3,4)18-5/h8-9,17H,6-7,10H2,1-5H3. The normalized spacial score (nSPS) is 11.9. The number of hydrogen-bond acceptors (Lipinski definition) is 2. The highest BCUT2D eigenvalue weighted by Crippen LogP contribution is 2.15. The molecule has 0 saturated carbocycles. The average molecular weight is 253 g/mol. The molecule has 0 spiro atoms. The van der Waals surface area contributed by atoms with Gasteiger partial charge in [-0.05, 0) is 57.4 Å². The van der Waals surface area contributed by atoms with Crippen LogP contribution in [-0.4, -0.2) is 19.3 Å². The van der Waals surface area contributed by atoms with E-state index in [0.29, 0.717) is 11.1 Å². The van der Waals surface area contributed by atoms with E-state index in [0.717, 1.165) is 25.1 Å². The zero-order chi connectivity index (χ0) is 13.8. The van der Waals surface area contributed by atoms with E-state index in [9.17, 15) is 4.39 Å². The quantitative estimate of drug-likeness (QED) is 0.785. The predicted molar refractivity (Wildman–Crippen MR) is 73.3 cm³/mol. The minimum atomic E-state index is -0.0979. The Hall–Kier alpha value is -0.930. The van der Waals surface area contributed by atoms with E-state index in [1.165, 1.54) is 0 Å². The fourth-order valence-corrected chi connectivity index (χ4v) is 1.86. The number of hydrogen-bond donors (Lipinski definition) is 1. The average Bonchev–Trinajstić information content (AvgIpc) is 2.31. The summed E-state index contributed by atoms with van der Waals surface area (Å²) < 4.78 is 18.8. The van der Waals surface area contributed by atoms with E-state index in [4.69, 9.17) is 4.74 Å². The topological polar surface area (TPSA) is 21.3 Å². The lowest BCUT2D eigenvalue weighted by Crippen LogP contribution is -2.28. The molecule has 0 aliphatic rings. The van der Waals surface area contributed by atoms with E-state index < -0.39 is 0 Å². The van der Waals surface area contributed by atoms with Gasteiger partial charge in [0.25, 0.3) is 0 Å². The Labute approximate surface area is 110 Å². The maximum atomic E-state index is 13.5. The number of aryl methyl sites for hydroxylation is 2. The maximum absolute atomic E-state index is 13.5. The SMILES string of the molecule is COC(C)(C)CCNCc1cc(C)c(F)c(C)c1. The van der Waals surface area contributed by atoms with Crippen molar-refractivity contribution in [3.63, 3.8) is 0 Å². The van der Waals surface area contributed by atoms with E-state index in [1.807, 2.05) is 12.1 Å². The summed E-state index contributed by atoms with van der Waals surface area (Å²) in [5, 5.41) is 3.36. The molecular formula is C15H24FNO. The zero-order valence-electron chi connectivity index (χ0n) is 12.1. The van der Waals surface area contributed by atoms with Crippen LogP contribution >= 0.6 is 0 Å². The lowest BCUT2D eigenvalue weighted by atomic mass is 10.0. The highest BCUT2D eigenvalue weighted by Gasteiger charge is 2.15. The highest BCUT2D eigenvalue weighted by molar-refractivity contribution is 5.30. The molecule has 0 unspecified atom stereocenters. The van der Waals surface area contributed by atoms with Crippen LogP contribution in [-0.2, 0) is 11.3 Å². The molecule has 0 radical (unpaired) electrons. The lowest BCUT2D eigenvalue weighted by Gasteiger charge is -2.22. The summed E-state index contributed by atoms with van der Waals surface area (Å²) >= 11 is 0. The van der Waals surface area contributed by atoms with Crippen molar-refractivity contribution in [2.45, 2.75) is 46.3 Å². The molecular weight excluding hydrogens is 229 g/mol. The van der Waals surface area contributed by atoms with Crippen molar-refractivity contribution < 1.29 is 9.13 Å². The van der Waals surface area contributed by atoms with Crippen LogP contribution in [0.15, 0.2) is 12.1 Å². The van der Waals surface area contributed by atoms with Crippen molar-refractivity contribution in [2.24, 2.45) is 0 Å². The first-order valence-electron chi connectivity index (χ1n) is 6.37. The Kier molecular flexibility index (Phi) is 5.29. The highest BCUT2D eigenvalue weighted by atomic mass is 19.1. The first-order valence-corrected chi connectivity index (χ1v) is 6.37. The molecule has 0 atom stereocenters. The van der Waals surface area contributed by atoms with Crippen LogP contribution in [0.2, 0.25) is 0 Å². The Balaban J connectivity index is 2.45. The van der Waals surface area contributed by atoms with E-state index in [2.05, 4.69) is 19.2 Å². The van der Waals surface area contributed by atoms with Crippen LogP contribution in [0, 0.1) is 19.7 Å². The van der Waals surface area contributed by atoms with Gasteiger partial charge in [0.1, 0.15) is 5.82 Å². The number of nitrogens with one attached hydrogen (secondary N) is 1. The molecule has 0 amide bonds. The molecule has 3 heteroatoms. The number of benzene rings is 1. The van der Waals surface area contributed by atoms with Gasteiger partial charge in [-0.25, -0.2) is 4.39 Å². The van der Waals surface area contributed by atoms with Crippen molar-refractivity contribution in [2.75, 3.05) is 13.7 Å². The third kappa shape index (κ3) is 4.39. The molecule has 0 aliphatic carbocycles. The van der Waals surface area contributed by atoms with Crippen molar-refractivity contribution in [1.29, 1.82) is 0 Å². The second-order valence-corrected chi connectivity index (χ2v) is 5.43. The third-order valence-corrected chi connectivity index (χ3v) is 3.28. The molecule has 0 aromatic heterocycles. The van der Waals surface area contributed by atoms with Crippen LogP contribution in [0.25, 0.3) is 0 Å². The monoisotopic (exact) mass is 253 g/mol. The largest absolute Gasteiger partial charge is 0.379 e. The molecule has 1 aromatic rings. The summed E-state index contributed by atoms with van der Waals surface area (Å²) in [6.07, 6.45) is 0.947. The molecule has 0 aliphatic heterocycles. The van der Waals surface area contributed by atoms with E-state index in [1.54, 1.807) is 21.0 Å². The zero-order valence-corrected chi connectivity index (χ0v) is 12.1. The number of ether oxygens (including phenoxy) is 1. The lowest BCUT2D eigenvalue weighted by molar-refractivity contribution is 0.0158. The van der Waals surface area contributed by atoms with Gasteiger partial charge in [-0.1, -0.05) is 12.1 Å². The van der Waals surface area contributed by atoms with E-state index >= 15 is 0 Å². The summed E-state index contributed by atoms with van der Waals surface area (Å²) in [6, 6.07) is 3.80. The maximum Gasteiger partial charge on any atom is 0.129 e. The fraction of sp³-hybridized carbons (Fsp3) is 0.600. The molecule has 102 valence electrons. The number of halogens is 1. The van der Waals surface area contributed by atoms with Crippen molar-refractivity contribution in [3.8, 4) is 0 Å². The molecule has 0 bridgehead atoms. The van der Waals surface area contributed by atoms with Gasteiger partial charge >= 0.3 is 0 Å². The molecule has 0 saturated heterocycles. The smallest absolute Gasteiger partial charge is 0.129 e. The molecule has 2 nitrogen and oxygen atoms in total. The molecule has 0 heterocycles. The molecule has 1 aromatic carbocycles. The Morgan fingerprint density at radius 2 is 1.78 bits per heavy atom. The van der Waals surface area contributed by atoms with Gasteiger partial charge in [0.2, 0.25) is 0 Å². The second kappa shape index (κ2) is 6.30. The van der Waals surface area contributed by atoms with Crippen LogP contribution in [0.3, 0.4) is 0 Å². The predicted octanol–water partition coefficient (Wildman–Crippen LogP) is 3.35. The van der Waals surface area contributed by atoms with Crippen molar-refractivity contribution in [1.82, 2.24) is 5.32 Å². The first-order chi connectivity index (χ1) is 8.35.